The summed E-state index contributed by atoms with van der Waals surface area (Å²) in [5.41, 5.74) is 1.20. The van der Waals surface area contributed by atoms with Crippen LogP contribution in [0.3, 0.4) is 0 Å². The number of aromatic carboxylic acids is 1. The summed E-state index contributed by atoms with van der Waals surface area (Å²) in [4.78, 5) is 28.6. The number of piperazine rings is 1. The summed E-state index contributed by atoms with van der Waals surface area (Å²) in [7, 11) is 1.63. The number of nitrogens with zero attached hydrogens (tertiary/aromatic N) is 3. The Hall–Kier alpha value is -3.20. The van der Waals surface area contributed by atoms with Crippen LogP contribution in [0.2, 0.25) is 0 Å². The Morgan fingerprint density at radius 1 is 1.12 bits per heavy atom. The third kappa shape index (κ3) is 3.19. The highest BCUT2D eigenvalue weighted by atomic mass is 32.2. The first-order chi connectivity index (χ1) is 15.4. The van der Waals surface area contributed by atoms with Crippen LogP contribution >= 0.6 is 11.8 Å². The topological polar surface area (TPSA) is 75.0 Å². The number of pyridine rings is 1. The zero-order valence-corrected chi connectivity index (χ0v) is 18.5. The monoisotopic (exact) mass is 455 g/mol. The van der Waals surface area contributed by atoms with E-state index in [1.54, 1.807) is 13.2 Å². The highest BCUT2D eigenvalue weighted by Gasteiger charge is 2.33. The lowest BCUT2D eigenvalue weighted by Gasteiger charge is -2.38. The third-order valence-electron chi connectivity index (χ3n) is 6.15. The van der Waals surface area contributed by atoms with Crippen LogP contribution in [0.1, 0.15) is 22.7 Å². The average Bonchev–Trinajstić information content (AvgIpc) is 2.79. The lowest BCUT2D eigenvalue weighted by atomic mass is 10.1. The molecule has 1 N–H and O–H groups in total. The number of carbonyl (C=O) groups is 1. The van der Waals surface area contributed by atoms with Gasteiger partial charge in [0.15, 0.2) is 0 Å². The molecule has 1 fully saturated rings. The number of methoxy groups -OCH3 is 1. The fraction of sp³-hybridized carbons (Fsp3) is 0.304. The lowest BCUT2D eigenvalue weighted by molar-refractivity contribution is 0.0689. The summed E-state index contributed by atoms with van der Waals surface area (Å²) < 4.78 is 22.1. The number of halogens is 1. The van der Waals surface area contributed by atoms with Crippen LogP contribution in [0.5, 0.6) is 5.75 Å². The van der Waals surface area contributed by atoms with Crippen molar-refractivity contribution < 1.29 is 19.0 Å². The highest BCUT2D eigenvalue weighted by Crippen LogP contribution is 2.46. The van der Waals surface area contributed by atoms with Crippen LogP contribution in [0, 0.1) is 5.82 Å². The summed E-state index contributed by atoms with van der Waals surface area (Å²) >= 11 is 1.34. The van der Waals surface area contributed by atoms with Crippen LogP contribution in [-0.2, 0) is 0 Å². The molecule has 3 aromatic rings. The lowest BCUT2D eigenvalue weighted by Crippen LogP contribution is -2.46. The van der Waals surface area contributed by atoms with E-state index in [1.807, 2.05) is 40.7 Å². The summed E-state index contributed by atoms with van der Waals surface area (Å²) in [5.74, 6) is -0.987. The summed E-state index contributed by atoms with van der Waals surface area (Å²) in [6.07, 6.45) is 0. The number of hydrogen-bond donors (Lipinski definition) is 1. The molecule has 0 bridgehead atoms. The first-order valence-electron chi connectivity index (χ1n) is 10.3. The van der Waals surface area contributed by atoms with Crippen molar-refractivity contribution in [1.82, 2.24) is 4.57 Å². The van der Waals surface area contributed by atoms with E-state index in [9.17, 15) is 14.7 Å². The third-order valence-corrected chi connectivity index (χ3v) is 7.32. The Morgan fingerprint density at radius 2 is 1.78 bits per heavy atom. The molecule has 166 valence electrons. The minimum atomic E-state index is -1.28. The van der Waals surface area contributed by atoms with Gasteiger partial charge in [-0.25, -0.2) is 9.18 Å². The molecule has 1 atom stereocenters. The van der Waals surface area contributed by atoms with E-state index in [0.717, 1.165) is 24.5 Å². The molecule has 0 amide bonds. The van der Waals surface area contributed by atoms with Gasteiger partial charge in [0.05, 0.1) is 28.7 Å². The zero-order valence-electron chi connectivity index (χ0n) is 17.7. The Kier molecular flexibility index (Phi) is 5.00. The van der Waals surface area contributed by atoms with Gasteiger partial charge >= 0.3 is 5.97 Å². The predicted molar refractivity (Wildman–Crippen MR) is 123 cm³/mol. The summed E-state index contributed by atoms with van der Waals surface area (Å²) in [6, 6.07) is 10.8. The number of thioether (sulfide) groups is 1. The number of ether oxygens (including phenoxy) is 1. The molecule has 1 unspecified atom stereocenters. The SMILES string of the molecule is COc1ccc(N2CCN(c3cc4c(cc3F)c(=O)c(C(=O)O)c3n4C(C)S3)CC2)cc1. The number of carboxylic acids is 1. The van der Waals surface area contributed by atoms with Crippen molar-refractivity contribution in [2.24, 2.45) is 0 Å². The fourth-order valence-electron chi connectivity index (χ4n) is 4.46. The summed E-state index contributed by atoms with van der Waals surface area (Å²) in [6.45, 7) is 4.65. The van der Waals surface area contributed by atoms with Crippen LogP contribution < -0.4 is 20.0 Å². The van der Waals surface area contributed by atoms with Gasteiger partial charge in [0.25, 0.3) is 0 Å². The average molecular weight is 456 g/mol. The molecule has 32 heavy (non-hydrogen) atoms. The van der Waals surface area contributed by atoms with Crippen molar-refractivity contribution in [3.05, 3.63) is 58.0 Å². The molecule has 1 aromatic heterocycles. The normalized spacial score (nSPS) is 17.8. The molecule has 0 radical (unpaired) electrons. The Labute approximate surface area is 188 Å². The number of rotatable bonds is 4. The van der Waals surface area contributed by atoms with Gasteiger partial charge in [0, 0.05) is 37.3 Å². The first-order valence-corrected chi connectivity index (χ1v) is 11.2. The van der Waals surface area contributed by atoms with Gasteiger partial charge in [-0.2, -0.15) is 0 Å². The molecular weight excluding hydrogens is 433 g/mol. The van der Waals surface area contributed by atoms with E-state index in [-0.39, 0.29) is 16.3 Å². The van der Waals surface area contributed by atoms with E-state index in [2.05, 4.69) is 4.90 Å². The van der Waals surface area contributed by atoms with Crippen LogP contribution in [0.25, 0.3) is 10.9 Å². The van der Waals surface area contributed by atoms with E-state index in [1.165, 1.54) is 17.8 Å². The molecule has 9 heteroatoms. The van der Waals surface area contributed by atoms with Crippen LogP contribution in [-0.4, -0.2) is 48.9 Å². The Balaban J connectivity index is 1.46. The standard InChI is InChI=1S/C23H22FN3O4S/c1-13-27-18-12-19(17(24)11-16(18)21(28)20(23(29)30)22(27)32-13)26-9-7-25(8-10-26)14-3-5-15(31-2)6-4-14/h3-6,11-13H,7-10H2,1-2H3,(H,29,30). The molecule has 2 aliphatic rings. The summed E-state index contributed by atoms with van der Waals surface area (Å²) in [5, 5.41) is 10.0. The zero-order chi connectivity index (χ0) is 22.6. The second-order valence-electron chi connectivity index (χ2n) is 7.89. The predicted octanol–water partition coefficient (Wildman–Crippen LogP) is 3.80. The molecule has 2 aromatic carbocycles. The number of benzene rings is 2. The maximum Gasteiger partial charge on any atom is 0.342 e. The largest absolute Gasteiger partial charge is 0.497 e. The van der Waals surface area contributed by atoms with Crippen LogP contribution in [0.4, 0.5) is 15.8 Å². The van der Waals surface area contributed by atoms with Gasteiger partial charge in [-0.05, 0) is 43.3 Å². The van der Waals surface area contributed by atoms with Gasteiger partial charge in [-0.15, -0.1) is 0 Å². The number of aromatic nitrogens is 1. The second kappa shape index (κ2) is 7.74. The molecule has 5 rings (SSSR count). The molecule has 3 heterocycles. The molecule has 1 saturated heterocycles. The van der Waals surface area contributed by atoms with E-state index in [0.29, 0.717) is 29.3 Å². The van der Waals surface area contributed by atoms with E-state index >= 15 is 4.39 Å². The van der Waals surface area contributed by atoms with Gasteiger partial charge in [0.1, 0.15) is 17.1 Å². The number of hydrogen-bond acceptors (Lipinski definition) is 6. The number of fused-ring (bicyclic) bond motifs is 3. The maximum absolute atomic E-state index is 15.1. The molecule has 0 saturated carbocycles. The van der Waals surface area contributed by atoms with Gasteiger partial charge in [-0.1, -0.05) is 11.8 Å². The van der Waals surface area contributed by atoms with Crippen molar-refractivity contribution in [2.45, 2.75) is 17.3 Å². The minimum Gasteiger partial charge on any atom is -0.497 e. The van der Waals surface area contributed by atoms with Crippen LogP contribution in [0.15, 0.2) is 46.2 Å². The quantitative estimate of drug-likeness (QED) is 0.641. The van der Waals surface area contributed by atoms with E-state index in [4.69, 9.17) is 4.74 Å². The van der Waals surface area contributed by atoms with E-state index < -0.39 is 17.2 Å². The van der Waals surface area contributed by atoms with Crippen molar-refractivity contribution in [1.29, 1.82) is 0 Å². The highest BCUT2D eigenvalue weighted by molar-refractivity contribution is 8.00. The van der Waals surface area contributed by atoms with Crippen molar-refractivity contribution >= 4 is 40.0 Å². The second-order valence-corrected chi connectivity index (χ2v) is 9.20. The first kappa shape index (κ1) is 20.7. The van der Waals surface area contributed by atoms with Crippen molar-refractivity contribution in [3.63, 3.8) is 0 Å². The van der Waals surface area contributed by atoms with Gasteiger partial charge in [-0.3, -0.25) is 4.79 Å². The van der Waals surface area contributed by atoms with Crippen molar-refractivity contribution in [3.8, 4) is 5.75 Å². The molecule has 0 aliphatic carbocycles. The smallest absolute Gasteiger partial charge is 0.342 e. The van der Waals surface area contributed by atoms with Gasteiger partial charge in [0.2, 0.25) is 5.43 Å². The molecule has 0 spiro atoms. The Morgan fingerprint density at radius 3 is 2.38 bits per heavy atom. The molecule has 2 aliphatic heterocycles. The minimum absolute atomic E-state index is 0.0172. The maximum atomic E-state index is 15.1. The Bertz CT molecular complexity index is 1280. The number of carboxylic acid groups (broad SMARTS) is 1. The van der Waals surface area contributed by atoms with Gasteiger partial charge < -0.3 is 24.2 Å². The fourth-order valence-corrected chi connectivity index (χ4v) is 5.62. The molecule has 7 nitrogen and oxygen atoms in total. The van der Waals surface area contributed by atoms with Crippen molar-refractivity contribution in [2.75, 3.05) is 43.1 Å². The molecular formula is C23H22FN3O4S. The number of anilines is 2.